The van der Waals surface area contributed by atoms with Gasteiger partial charge >= 0.3 is 0 Å². The van der Waals surface area contributed by atoms with Gasteiger partial charge in [-0.3, -0.25) is 4.79 Å². The molecule has 0 aliphatic carbocycles. The second-order valence-electron chi connectivity index (χ2n) is 4.09. The summed E-state index contributed by atoms with van der Waals surface area (Å²) in [5.74, 6) is 0.747. The number of ether oxygens (including phenoxy) is 2. The van der Waals surface area contributed by atoms with Crippen LogP contribution in [0.2, 0.25) is 0 Å². The van der Waals surface area contributed by atoms with E-state index in [-0.39, 0.29) is 12.5 Å². The minimum absolute atomic E-state index is 0.0710. The van der Waals surface area contributed by atoms with Gasteiger partial charge in [-0.05, 0) is 30.7 Å². The Bertz CT molecular complexity index is 365. The molecule has 0 spiro atoms. The summed E-state index contributed by atoms with van der Waals surface area (Å²) >= 11 is 0. The SMILES string of the molecule is CCCOc1ccc(NC(=O)CNCCOC)cc1. The van der Waals surface area contributed by atoms with E-state index in [4.69, 9.17) is 9.47 Å². The average molecular weight is 266 g/mol. The van der Waals surface area contributed by atoms with Gasteiger partial charge in [-0.15, -0.1) is 0 Å². The molecule has 0 heterocycles. The summed E-state index contributed by atoms with van der Waals surface area (Å²) in [6.07, 6.45) is 0.978. The zero-order valence-electron chi connectivity index (χ0n) is 11.6. The van der Waals surface area contributed by atoms with Gasteiger partial charge in [-0.1, -0.05) is 6.92 Å². The summed E-state index contributed by atoms with van der Waals surface area (Å²) in [4.78, 5) is 11.6. The Kier molecular flexibility index (Phi) is 7.62. The van der Waals surface area contributed by atoms with E-state index in [0.29, 0.717) is 19.8 Å². The third-order valence-electron chi connectivity index (χ3n) is 2.38. The lowest BCUT2D eigenvalue weighted by Gasteiger charge is -2.08. The Morgan fingerprint density at radius 1 is 1.21 bits per heavy atom. The number of hydrogen-bond donors (Lipinski definition) is 2. The lowest BCUT2D eigenvalue weighted by molar-refractivity contribution is -0.115. The monoisotopic (exact) mass is 266 g/mol. The second-order valence-corrected chi connectivity index (χ2v) is 4.09. The van der Waals surface area contributed by atoms with Crippen molar-refractivity contribution in [1.29, 1.82) is 0 Å². The number of amides is 1. The van der Waals surface area contributed by atoms with Crippen LogP contribution in [0.4, 0.5) is 5.69 Å². The molecule has 5 nitrogen and oxygen atoms in total. The molecule has 1 amide bonds. The molecule has 0 atom stereocenters. The fourth-order valence-electron chi connectivity index (χ4n) is 1.44. The highest BCUT2D eigenvalue weighted by Crippen LogP contribution is 2.15. The maximum atomic E-state index is 11.6. The van der Waals surface area contributed by atoms with Gasteiger partial charge in [0.1, 0.15) is 5.75 Å². The summed E-state index contributed by atoms with van der Waals surface area (Å²) in [5.41, 5.74) is 0.766. The minimum Gasteiger partial charge on any atom is -0.494 e. The molecule has 0 saturated carbocycles. The van der Waals surface area contributed by atoms with Gasteiger partial charge in [0, 0.05) is 19.3 Å². The van der Waals surface area contributed by atoms with Gasteiger partial charge in [0.15, 0.2) is 0 Å². The molecule has 1 rings (SSSR count). The lowest BCUT2D eigenvalue weighted by Crippen LogP contribution is -2.30. The van der Waals surface area contributed by atoms with E-state index in [1.165, 1.54) is 0 Å². The van der Waals surface area contributed by atoms with Crippen LogP contribution in [0.15, 0.2) is 24.3 Å². The molecular weight excluding hydrogens is 244 g/mol. The summed E-state index contributed by atoms with van der Waals surface area (Å²) in [6, 6.07) is 7.36. The molecule has 0 saturated heterocycles. The standard InChI is InChI=1S/C14H22N2O3/c1-3-9-19-13-6-4-12(5-7-13)16-14(17)11-15-8-10-18-2/h4-7,15H,3,8-11H2,1-2H3,(H,16,17). The smallest absolute Gasteiger partial charge is 0.238 e. The van der Waals surface area contributed by atoms with Crippen molar-refractivity contribution >= 4 is 11.6 Å². The van der Waals surface area contributed by atoms with Gasteiger partial charge in [-0.2, -0.15) is 0 Å². The van der Waals surface area contributed by atoms with Crippen LogP contribution in [0.5, 0.6) is 5.75 Å². The molecule has 0 aromatic heterocycles. The van der Waals surface area contributed by atoms with E-state index >= 15 is 0 Å². The number of carbonyl (C=O) groups is 1. The van der Waals surface area contributed by atoms with Gasteiger partial charge < -0.3 is 20.1 Å². The number of nitrogens with one attached hydrogen (secondary N) is 2. The van der Waals surface area contributed by atoms with Crippen LogP contribution in [-0.4, -0.2) is 39.3 Å². The van der Waals surface area contributed by atoms with Crippen LogP contribution in [-0.2, 0) is 9.53 Å². The molecule has 0 aliphatic rings. The number of anilines is 1. The lowest BCUT2D eigenvalue weighted by atomic mass is 10.3. The largest absolute Gasteiger partial charge is 0.494 e. The molecular formula is C14H22N2O3. The zero-order valence-corrected chi connectivity index (χ0v) is 11.6. The molecule has 0 unspecified atom stereocenters. The van der Waals surface area contributed by atoms with Crippen LogP contribution in [0.3, 0.4) is 0 Å². The molecule has 0 fully saturated rings. The molecule has 106 valence electrons. The van der Waals surface area contributed by atoms with Crippen LogP contribution in [0.25, 0.3) is 0 Å². The Labute approximate surface area is 114 Å². The maximum absolute atomic E-state index is 11.6. The van der Waals surface area contributed by atoms with Crippen molar-refractivity contribution in [2.45, 2.75) is 13.3 Å². The molecule has 0 aliphatic heterocycles. The predicted octanol–water partition coefficient (Wildman–Crippen LogP) is 1.65. The highest BCUT2D eigenvalue weighted by molar-refractivity contribution is 5.92. The van der Waals surface area contributed by atoms with Crippen LogP contribution in [0.1, 0.15) is 13.3 Å². The average Bonchev–Trinajstić information content (AvgIpc) is 2.43. The van der Waals surface area contributed by atoms with Crippen molar-refractivity contribution in [1.82, 2.24) is 5.32 Å². The quantitative estimate of drug-likeness (QED) is 0.667. The molecule has 1 aromatic rings. The normalized spacial score (nSPS) is 10.2. The Morgan fingerprint density at radius 2 is 1.95 bits per heavy atom. The first-order chi connectivity index (χ1) is 9.26. The van der Waals surface area contributed by atoms with Crippen molar-refractivity contribution in [2.75, 3.05) is 38.7 Å². The number of benzene rings is 1. The Hall–Kier alpha value is -1.59. The van der Waals surface area contributed by atoms with E-state index in [2.05, 4.69) is 17.6 Å². The Morgan fingerprint density at radius 3 is 2.58 bits per heavy atom. The number of carbonyl (C=O) groups excluding carboxylic acids is 1. The molecule has 1 aromatic carbocycles. The van der Waals surface area contributed by atoms with Crippen molar-refractivity contribution in [3.63, 3.8) is 0 Å². The van der Waals surface area contributed by atoms with Crippen LogP contribution >= 0.6 is 0 Å². The molecule has 5 heteroatoms. The van der Waals surface area contributed by atoms with Gasteiger partial charge in [0.05, 0.1) is 19.8 Å². The highest BCUT2D eigenvalue weighted by Gasteiger charge is 2.01. The fourth-order valence-corrected chi connectivity index (χ4v) is 1.44. The third-order valence-corrected chi connectivity index (χ3v) is 2.38. The summed E-state index contributed by atoms with van der Waals surface area (Å²) in [7, 11) is 1.63. The van der Waals surface area contributed by atoms with Crippen molar-refractivity contribution in [3.8, 4) is 5.75 Å². The number of methoxy groups -OCH3 is 1. The zero-order chi connectivity index (χ0) is 13.9. The molecule has 19 heavy (non-hydrogen) atoms. The van der Waals surface area contributed by atoms with E-state index in [0.717, 1.165) is 17.9 Å². The van der Waals surface area contributed by atoms with Crippen molar-refractivity contribution in [2.24, 2.45) is 0 Å². The van der Waals surface area contributed by atoms with Gasteiger partial charge in [0.2, 0.25) is 5.91 Å². The molecule has 2 N–H and O–H groups in total. The van der Waals surface area contributed by atoms with Gasteiger partial charge in [-0.25, -0.2) is 0 Å². The van der Waals surface area contributed by atoms with Crippen LogP contribution < -0.4 is 15.4 Å². The van der Waals surface area contributed by atoms with Gasteiger partial charge in [0.25, 0.3) is 0 Å². The number of hydrogen-bond acceptors (Lipinski definition) is 4. The van der Waals surface area contributed by atoms with E-state index < -0.39 is 0 Å². The second kappa shape index (κ2) is 9.35. The molecule has 0 bridgehead atoms. The van der Waals surface area contributed by atoms with E-state index in [1.54, 1.807) is 7.11 Å². The summed E-state index contributed by atoms with van der Waals surface area (Å²) in [5, 5.41) is 5.79. The third kappa shape index (κ3) is 6.79. The molecule has 0 radical (unpaired) electrons. The highest BCUT2D eigenvalue weighted by atomic mass is 16.5. The van der Waals surface area contributed by atoms with E-state index in [9.17, 15) is 4.79 Å². The minimum atomic E-state index is -0.0710. The first-order valence-electron chi connectivity index (χ1n) is 6.48. The first kappa shape index (κ1) is 15.5. The maximum Gasteiger partial charge on any atom is 0.238 e. The fraction of sp³-hybridized carbons (Fsp3) is 0.500. The first-order valence-corrected chi connectivity index (χ1v) is 6.48. The van der Waals surface area contributed by atoms with Crippen molar-refractivity contribution in [3.05, 3.63) is 24.3 Å². The van der Waals surface area contributed by atoms with Crippen LogP contribution in [0, 0.1) is 0 Å². The summed E-state index contributed by atoms with van der Waals surface area (Å²) < 4.78 is 10.3. The van der Waals surface area contributed by atoms with Crippen molar-refractivity contribution < 1.29 is 14.3 Å². The van der Waals surface area contributed by atoms with E-state index in [1.807, 2.05) is 24.3 Å². The predicted molar refractivity (Wildman–Crippen MR) is 75.6 cm³/mol. The number of rotatable bonds is 9. The Balaban J connectivity index is 2.29. The topological polar surface area (TPSA) is 59.6 Å². The summed E-state index contributed by atoms with van der Waals surface area (Å²) in [6.45, 7) is 4.29.